The van der Waals surface area contributed by atoms with Gasteiger partial charge in [0.05, 0.1) is 13.2 Å². The number of carbonyl (C=O) groups is 2. The van der Waals surface area contributed by atoms with Crippen molar-refractivity contribution in [2.75, 3.05) is 32.8 Å². The Kier molecular flexibility index (Phi) is 7.05. The van der Waals surface area contributed by atoms with Crippen molar-refractivity contribution in [2.45, 2.75) is 44.8 Å². The maximum Gasteiger partial charge on any atom is 0.410 e. The van der Waals surface area contributed by atoms with Gasteiger partial charge >= 0.3 is 12.1 Å². The molecule has 1 aromatic carbocycles. The van der Waals surface area contributed by atoms with Gasteiger partial charge < -0.3 is 14.4 Å². The van der Waals surface area contributed by atoms with E-state index in [2.05, 4.69) is 0 Å². The van der Waals surface area contributed by atoms with Crippen LogP contribution in [0.1, 0.15) is 31.7 Å². The van der Waals surface area contributed by atoms with E-state index >= 15 is 0 Å². The molecule has 29 heavy (non-hydrogen) atoms. The number of esters is 1. The standard InChI is InChI=1S/C21H28F2N2O4/c1-2-28-19(26)18-10-13-25(15-21(18,22)23)17-8-11-24(12-9-17)20(27)29-14-16-6-4-3-5-7-16/h3-7,17-18H,2,8-15H2,1H3. The summed E-state index contributed by atoms with van der Waals surface area (Å²) >= 11 is 0. The van der Waals surface area contributed by atoms with Gasteiger partial charge in [0.15, 0.2) is 0 Å². The molecule has 0 N–H and O–H groups in total. The van der Waals surface area contributed by atoms with Crippen LogP contribution in [0.5, 0.6) is 0 Å². The lowest BCUT2D eigenvalue weighted by molar-refractivity contribution is -0.175. The number of likely N-dealkylation sites (tertiary alicyclic amines) is 2. The van der Waals surface area contributed by atoms with E-state index < -0.39 is 24.4 Å². The SMILES string of the molecule is CCOC(=O)C1CCN(C2CCN(C(=O)OCc3ccccc3)CC2)CC1(F)F. The van der Waals surface area contributed by atoms with E-state index in [4.69, 9.17) is 9.47 Å². The minimum absolute atomic E-state index is 0.0257. The number of amides is 1. The Morgan fingerprint density at radius 1 is 1.07 bits per heavy atom. The van der Waals surface area contributed by atoms with E-state index in [0.29, 0.717) is 32.5 Å². The first-order valence-corrected chi connectivity index (χ1v) is 10.1. The molecular weight excluding hydrogens is 382 g/mol. The van der Waals surface area contributed by atoms with E-state index in [9.17, 15) is 18.4 Å². The molecule has 2 aliphatic heterocycles. The first-order valence-electron chi connectivity index (χ1n) is 10.1. The van der Waals surface area contributed by atoms with Crippen LogP contribution in [-0.4, -0.2) is 66.6 Å². The molecule has 0 saturated carbocycles. The number of benzene rings is 1. The van der Waals surface area contributed by atoms with Gasteiger partial charge in [-0.25, -0.2) is 13.6 Å². The molecule has 1 unspecified atom stereocenters. The summed E-state index contributed by atoms with van der Waals surface area (Å²) in [6.45, 7) is 2.87. The molecule has 2 saturated heterocycles. The molecule has 8 heteroatoms. The molecule has 0 spiro atoms. The Labute approximate surface area is 169 Å². The zero-order chi connectivity index (χ0) is 20.9. The van der Waals surface area contributed by atoms with Crippen LogP contribution in [0.2, 0.25) is 0 Å². The van der Waals surface area contributed by atoms with Crippen LogP contribution in [0.25, 0.3) is 0 Å². The van der Waals surface area contributed by atoms with Crippen LogP contribution in [0.4, 0.5) is 13.6 Å². The van der Waals surface area contributed by atoms with Gasteiger partial charge in [-0.2, -0.15) is 0 Å². The summed E-state index contributed by atoms with van der Waals surface area (Å²) in [7, 11) is 0. The Morgan fingerprint density at radius 2 is 1.76 bits per heavy atom. The predicted octanol–water partition coefficient (Wildman–Crippen LogP) is 3.31. The normalized spacial score (nSPS) is 22.9. The van der Waals surface area contributed by atoms with Crippen LogP contribution < -0.4 is 0 Å². The van der Waals surface area contributed by atoms with Gasteiger partial charge in [0, 0.05) is 19.1 Å². The summed E-state index contributed by atoms with van der Waals surface area (Å²) in [4.78, 5) is 27.4. The van der Waals surface area contributed by atoms with Gasteiger partial charge in [-0.3, -0.25) is 9.69 Å². The number of ether oxygens (including phenoxy) is 2. The third-order valence-electron chi connectivity index (χ3n) is 5.64. The first-order chi connectivity index (χ1) is 13.9. The third kappa shape index (κ3) is 5.44. The lowest BCUT2D eigenvalue weighted by Gasteiger charge is -2.43. The number of hydrogen-bond donors (Lipinski definition) is 0. The Bertz CT molecular complexity index is 693. The minimum Gasteiger partial charge on any atom is -0.466 e. The lowest BCUT2D eigenvalue weighted by atomic mass is 9.90. The Morgan fingerprint density at radius 3 is 2.38 bits per heavy atom. The topological polar surface area (TPSA) is 59.1 Å². The highest BCUT2D eigenvalue weighted by Crippen LogP contribution is 2.36. The summed E-state index contributed by atoms with van der Waals surface area (Å²) in [5.41, 5.74) is 0.919. The fourth-order valence-electron chi connectivity index (χ4n) is 4.04. The van der Waals surface area contributed by atoms with Gasteiger partial charge in [0.1, 0.15) is 12.5 Å². The van der Waals surface area contributed by atoms with Crippen LogP contribution in [-0.2, 0) is 20.9 Å². The van der Waals surface area contributed by atoms with Gasteiger partial charge in [0.2, 0.25) is 0 Å². The summed E-state index contributed by atoms with van der Waals surface area (Å²) in [5.74, 6) is -5.28. The molecule has 2 aliphatic rings. The maximum atomic E-state index is 14.5. The van der Waals surface area contributed by atoms with Gasteiger partial charge in [-0.05, 0) is 38.3 Å². The highest BCUT2D eigenvalue weighted by molar-refractivity contribution is 5.73. The molecule has 0 aliphatic carbocycles. The van der Waals surface area contributed by atoms with E-state index in [1.807, 2.05) is 30.3 Å². The second kappa shape index (κ2) is 9.52. The number of halogens is 2. The van der Waals surface area contributed by atoms with Crippen molar-refractivity contribution in [3.05, 3.63) is 35.9 Å². The Balaban J connectivity index is 1.46. The Hall–Kier alpha value is -2.22. The number of hydrogen-bond acceptors (Lipinski definition) is 5. The lowest BCUT2D eigenvalue weighted by Crippen LogP contribution is -2.56. The fraction of sp³-hybridized carbons (Fsp3) is 0.619. The second-order valence-electron chi connectivity index (χ2n) is 7.58. The molecular formula is C21H28F2N2O4. The van der Waals surface area contributed by atoms with Crippen molar-refractivity contribution in [1.82, 2.24) is 9.80 Å². The van der Waals surface area contributed by atoms with Crippen molar-refractivity contribution < 1.29 is 27.8 Å². The number of rotatable bonds is 5. The molecule has 1 atom stereocenters. The number of piperidine rings is 2. The molecule has 1 amide bonds. The zero-order valence-electron chi connectivity index (χ0n) is 16.7. The third-order valence-corrected chi connectivity index (χ3v) is 5.64. The predicted molar refractivity (Wildman–Crippen MR) is 102 cm³/mol. The van der Waals surface area contributed by atoms with E-state index in [1.165, 1.54) is 0 Å². The number of nitrogens with zero attached hydrogens (tertiary/aromatic N) is 2. The van der Waals surface area contributed by atoms with Crippen molar-refractivity contribution >= 4 is 12.1 Å². The van der Waals surface area contributed by atoms with E-state index in [0.717, 1.165) is 5.56 Å². The fourth-order valence-corrected chi connectivity index (χ4v) is 4.04. The summed E-state index contributed by atoms with van der Waals surface area (Å²) in [6, 6.07) is 9.42. The average molecular weight is 410 g/mol. The molecule has 0 radical (unpaired) electrons. The molecule has 2 fully saturated rings. The molecule has 0 aromatic heterocycles. The van der Waals surface area contributed by atoms with Crippen molar-refractivity contribution in [2.24, 2.45) is 5.92 Å². The minimum atomic E-state index is -3.10. The maximum absolute atomic E-state index is 14.5. The second-order valence-corrected chi connectivity index (χ2v) is 7.58. The van der Waals surface area contributed by atoms with E-state index in [-0.39, 0.29) is 31.8 Å². The summed E-state index contributed by atoms with van der Waals surface area (Å²) in [5, 5.41) is 0. The highest BCUT2D eigenvalue weighted by atomic mass is 19.3. The molecule has 6 nitrogen and oxygen atoms in total. The zero-order valence-corrected chi connectivity index (χ0v) is 16.7. The quantitative estimate of drug-likeness (QED) is 0.697. The number of alkyl halides is 2. The van der Waals surface area contributed by atoms with Crippen LogP contribution >= 0.6 is 0 Å². The van der Waals surface area contributed by atoms with Crippen LogP contribution in [0, 0.1) is 5.92 Å². The van der Waals surface area contributed by atoms with Crippen LogP contribution in [0.15, 0.2) is 30.3 Å². The molecule has 160 valence electrons. The van der Waals surface area contributed by atoms with Gasteiger partial charge in [0.25, 0.3) is 5.92 Å². The average Bonchev–Trinajstić information content (AvgIpc) is 2.72. The molecule has 1 aromatic rings. The van der Waals surface area contributed by atoms with Crippen molar-refractivity contribution in [1.29, 1.82) is 0 Å². The smallest absolute Gasteiger partial charge is 0.410 e. The first kappa shape index (κ1) is 21.5. The largest absolute Gasteiger partial charge is 0.466 e. The molecule has 3 rings (SSSR count). The molecule has 2 heterocycles. The highest BCUT2D eigenvalue weighted by Gasteiger charge is 2.50. The molecule has 0 bridgehead atoms. The van der Waals surface area contributed by atoms with Gasteiger partial charge in [-0.1, -0.05) is 30.3 Å². The summed E-state index contributed by atoms with van der Waals surface area (Å²) in [6.07, 6.45) is 0.936. The summed E-state index contributed by atoms with van der Waals surface area (Å²) < 4.78 is 39.1. The van der Waals surface area contributed by atoms with E-state index in [1.54, 1.807) is 16.7 Å². The monoisotopic (exact) mass is 410 g/mol. The van der Waals surface area contributed by atoms with Gasteiger partial charge in [-0.15, -0.1) is 0 Å². The van der Waals surface area contributed by atoms with Crippen molar-refractivity contribution in [3.8, 4) is 0 Å². The van der Waals surface area contributed by atoms with Crippen molar-refractivity contribution in [3.63, 3.8) is 0 Å². The van der Waals surface area contributed by atoms with Crippen LogP contribution in [0.3, 0.4) is 0 Å². The number of carbonyl (C=O) groups excluding carboxylic acids is 2.